The summed E-state index contributed by atoms with van der Waals surface area (Å²) in [5, 5.41) is 0. The van der Waals surface area contributed by atoms with Gasteiger partial charge >= 0.3 is 0 Å². The summed E-state index contributed by atoms with van der Waals surface area (Å²) in [6, 6.07) is 35.0. The first-order valence-electron chi connectivity index (χ1n) is 13.7. The molecule has 0 N–H and O–H groups in total. The van der Waals surface area contributed by atoms with E-state index in [1.807, 2.05) is 61.2 Å². The van der Waals surface area contributed by atoms with Crippen molar-refractivity contribution in [2.24, 2.45) is 0 Å². The fourth-order valence-corrected chi connectivity index (χ4v) is 5.25. The van der Waals surface area contributed by atoms with E-state index in [9.17, 15) is 4.79 Å². The zero-order chi connectivity index (χ0) is 27.0. The average Bonchev–Trinajstić information content (AvgIpc) is 2.99. The second-order valence-electron chi connectivity index (χ2n) is 9.86. The molecule has 5 rings (SSSR count). The molecule has 39 heavy (non-hydrogen) atoms. The van der Waals surface area contributed by atoms with E-state index in [-0.39, 0.29) is 11.9 Å². The second kappa shape index (κ2) is 12.6. The second-order valence-corrected chi connectivity index (χ2v) is 9.86. The minimum absolute atomic E-state index is 0.0470. The van der Waals surface area contributed by atoms with Crippen molar-refractivity contribution in [3.63, 3.8) is 0 Å². The van der Waals surface area contributed by atoms with E-state index in [0.717, 1.165) is 35.7 Å². The third-order valence-electron chi connectivity index (χ3n) is 7.28. The van der Waals surface area contributed by atoms with Gasteiger partial charge in [-0.2, -0.15) is 0 Å². The van der Waals surface area contributed by atoms with Crippen molar-refractivity contribution in [3.8, 4) is 11.5 Å². The number of piperazine rings is 1. The van der Waals surface area contributed by atoms with Gasteiger partial charge in [0.1, 0.15) is 18.1 Å². The Balaban J connectivity index is 1.29. The molecule has 0 bridgehead atoms. The van der Waals surface area contributed by atoms with E-state index in [1.165, 1.54) is 11.1 Å². The zero-order valence-electron chi connectivity index (χ0n) is 22.8. The molecule has 4 aromatic rings. The molecule has 0 saturated carbocycles. The quantitative estimate of drug-likeness (QED) is 0.252. The summed E-state index contributed by atoms with van der Waals surface area (Å²) in [4.78, 5) is 18.0. The predicted octanol–water partition coefficient (Wildman–Crippen LogP) is 6.52. The topological polar surface area (TPSA) is 42.0 Å². The van der Waals surface area contributed by atoms with Crippen LogP contribution < -0.4 is 9.47 Å². The monoisotopic (exact) mass is 520 g/mol. The van der Waals surface area contributed by atoms with Gasteiger partial charge < -0.3 is 14.4 Å². The number of rotatable bonds is 9. The number of benzene rings is 4. The van der Waals surface area contributed by atoms with Crippen molar-refractivity contribution in [1.82, 2.24) is 9.80 Å². The molecule has 1 aliphatic rings. The molecule has 0 aromatic heterocycles. The number of amides is 1. The van der Waals surface area contributed by atoms with Crippen molar-refractivity contribution >= 4 is 5.91 Å². The maximum Gasteiger partial charge on any atom is 0.253 e. The molecule has 5 nitrogen and oxygen atoms in total. The van der Waals surface area contributed by atoms with Crippen molar-refractivity contribution in [3.05, 3.63) is 131 Å². The normalized spacial score (nSPS) is 13.9. The third kappa shape index (κ3) is 6.32. The lowest BCUT2D eigenvalue weighted by Crippen LogP contribution is -2.49. The minimum atomic E-state index is 0.0470. The van der Waals surface area contributed by atoms with E-state index < -0.39 is 0 Å². The fourth-order valence-electron chi connectivity index (χ4n) is 5.25. The largest absolute Gasteiger partial charge is 0.493 e. The van der Waals surface area contributed by atoms with Gasteiger partial charge in [0.15, 0.2) is 0 Å². The third-order valence-corrected chi connectivity index (χ3v) is 7.28. The van der Waals surface area contributed by atoms with Crippen molar-refractivity contribution < 1.29 is 14.3 Å². The van der Waals surface area contributed by atoms with Crippen LogP contribution in [0, 0.1) is 6.92 Å². The minimum Gasteiger partial charge on any atom is -0.493 e. The Morgan fingerprint density at radius 1 is 0.744 bits per heavy atom. The standard InChI is InChI=1S/C34H36N2O3/c1-3-38-32-19-18-29(24-30(32)25-39-31-17-11-10-12-26(31)2)34(37)36-22-20-35(21-23-36)33(27-13-6-4-7-14-27)28-15-8-5-9-16-28/h4-19,24,33H,3,20-23,25H2,1-2H3. The van der Waals surface area contributed by atoms with Gasteiger partial charge in [0, 0.05) is 37.3 Å². The molecule has 1 amide bonds. The molecule has 4 aromatic carbocycles. The Morgan fingerprint density at radius 2 is 1.36 bits per heavy atom. The van der Waals surface area contributed by atoms with E-state index >= 15 is 0 Å². The van der Waals surface area contributed by atoms with E-state index in [2.05, 4.69) is 65.6 Å². The van der Waals surface area contributed by atoms with E-state index in [4.69, 9.17) is 9.47 Å². The summed E-state index contributed by atoms with van der Waals surface area (Å²) in [6.45, 7) is 7.85. The number of hydrogen-bond acceptors (Lipinski definition) is 4. The van der Waals surface area contributed by atoms with Crippen LogP contribution in [0.1, 0.15) is 45.6 Å². The molecule has 1 aliphatic heterocycles. The highest BCUT2D eigenvalue weighted by atomic mass is 16.5. The highest BCUT2D eigenvalue weighted by Gasteiger charge is 2.28. The molecular formula is C34H36N2O3. The Bertz CT molecular complexity index is 1330. The fraction of sp³-hybridized carbons (Fsp3) is 0.265. The summed E-state index contributed by atoms with van der Waals surface area (Å²) in [5.74, 6) is 1.63. The van der Waals surface area contributed by atoms with Gasteiger partial charge in [-0.25, -0.2) is 0 Å². The lowest BCUT2D eigenvalue weighted by molar-refractivity contribution is 0.0597. The van der Waals surface area contributed by atoms with Crippen molar-refractivity contribution in [2.75, 3.05) is 32.8 Å². The molecular weight excluding hydrogens is 484 g/mol. The lowest BCUT2D eigenvalue weighted by atomic mass is 9.96. The molecule has 0 unspecified atom stereocenters. The summed E-state index contributed by atoms with van der Waals surface area (Å²) >= 11 is 0. The van der Waals surface area contributed by atoms with Crippen LogP contribution in [0.4, 0.5) is 0 Å². The number of aryl methyl sites for hydroxylation is 1. The lowest BCUT2D eigenvalue weighted by Gasteiger charge is -2.40. The van der Waals surface area contributed by atoms with Crippen LogP contribution in [0.2, 0.25) is 0 Å². The predicted molar refractivity (Wildman–Crippen MR) is 155 cm³/mol. The van der Waals surface area contributed by atoms with Crippen LogP contribution in [0.5, 0.6) is 11.5 Å². The molecule has 5 heteroatoms. The Hall–Kier alpha value is -4.09. The SMILES string of the molecule is CCOc1ccc(C(=O)N2CCN(C(c3ccccc3)c3ccccc3)CC2)cc1COc1ccccc1C. The first kappa shape index (κ1) is 26.5. The number of nitrogens with zero attached hydrogens (tertiary/aromatic N) is 2. The molecule has 1 fully saturated rings. The average molecular weight is 521 g/mol. The zero-order valence-corrected chi connectivity index (χ0v) is 22.8. The first-order chi connectivity index (χ1) is 19.1. The molecule has 0 atom stereocenters. The van der Waals surface area contributed by atoms with Crippen LogP contribution in [0.3, 0.4) is 0 Å². The molecule has 200 valence electrons. The Kier molecular flexibility index (Phi) is 8.59. The Morgan fingerprint density at radius 3 is 1.97 bits per heavy atom. The number of para-hydroxylation sites is 1. The highest BCUT2D eigenvalue weighted by molar-refractivity contribution is 5.94. The van der Waals surface area contributed by atoms with Gasteiger partial charge in [-0.3, -0.25) is 9.69 Å². The highest BCUT2D eigenvalue weighted by Crippen LogP contribution is 2.30. The first-order valence-corrected chi connectivity index (χ1v) is 13.7. The smallest absolute Gasteiger partial charge is 0.253 e. The van der Waals surface area contributed by atoms with Crippen LogP contribution in [0.15, 0.2) is 103 Å². The Labute approximate surface area is 231 Å². The molecule has 1 heterocycles. The molecule has 1 saturated heterocycles. The molecule has 0 radical (unpaired) electrons. The number of carbonyl (C=O) groups excluding carboxylic acids is 1. The summed E-state index contributed by atoms with van der Waals surface area (Å²) in [7, 11) is 0. The summed E-state index contributed by atoms with van der Waals surface area (Å²) in [6.07, 6.45) is 0. The van der Waals surface area contributed by atoms with Gasteiger partial charge in [-0.15, -0.1) is 0 Å². The maximum atomic E-state index is 13.6. The number of carbonyl (C=O) groups is 1. The van der Waals surface area contributed by atoms with E-state index in [0.29, 0.717) is 31.9 Å². The molecule has 0 spiro atoms. The van der Waals surface area contributed by atoms with Gasteiger partial charge in [0.05, 0.1) is 12.6 Å². The van der Waals surface area contributed by atoms with Crippen molar-refractivity contribution in [2.45, 2.75) is 26.5 Å². The van der Waals surface area contributed by atoms with Gasteiger partial charge in [0.25, 0.3) is 5.91 Å². The van der Waals surface area contributed by atoms with Crippen LogP contribution in [0.25, 0.3) is 0 Å². The van der Waals surface area contributed by atoms with Gasteiger partial charge in [-0.05, 0) is 54.8 Å². The number of hydrogen-bond donors (Lipinski definition) is 0. The number of ether oxygens (including phenoxy) is 2. The van der Waals surface area contributed by atoms with Gasteiger partial charge in [0.2, 0.25) is 0 Å². The summed E-state index contributed by atoms with van der Waals surface area (Å²) < 4.78 is 12.0. The van der Waals surface area contributed by atoms with Crippen molar-refractivity contribution in [1.29, 1.82) is 0 Å². The van der Waals surface area contributed by atoms with Crippen LogP contribution in [-0.4, -0.2) is 48.5 Å². The van der Waals surface area contributed by atoms with Gasteiger partial charge in [-0.1, -0.05) is 78.9 Å². The van der Waals surface area contributed by atoms with E-state index in [1.54, 1.807) is 0 Å². The molecule has 0 aliphatic carbocycles. The summed E-state index contributed by atoms with van der Waals surface area (Å²) in [5.41, 5.74) is 5.15. The maximum absolute atomic E-state index is 13.6. The van der Waals surface area contributed by atoms with Crippen LogP contribution >= 0.6 is 0 Å². The van der Waals surface area contributed by atoms with Crippen LogP contribution in [-0.2, 0) is 6.61 Å².